The molecule has 0 radical (unpaired) electrons. The van der Waals surface area contributed by atoms with Gasteiger partial charge in [0.15, 0.2) is 5.96 Å². The minimum atomic E-state index is -0.0790. The maximum absolute atomic E-state index is 12.0. The van der Waals surface area contributed by atoms with Crippen molar-refractivity contribution in [1.82, 2.24) is 20.9 Å². The molecule has 2 fully saturated rings. The van der Waals surface area contributed by atoms with Gasteiger partial charge in [0.25, 0.3) is 5.91 Å². The number of carbonyl (C=O) groups is 1. The Morgan fingerprint density at radius 3 is 2.96 bits per heavy atom. The predicted octanol–water partition coefficient (Wildman–Crippen LogP) is 1.06. The summed E-state index contributed by atoms with van der Waals surface area (Å²) in [4.78, 5) is 21.3. The van der Waals surface area contributed by atoms with Crippen LogP contribution in [0.2, 0.25) is 0 Å². The number of aliphatic imine (C=N–C) groups is 1. The van der Waals surface area contributed by atoms with Crippen molar-refractivity contribution in [3.63, 3.8) is 0 Å². The van der Waals surface area contributed by atoms with E-state index >= 15 is 0 Å². The molecule has 132 valence electrons. The molecule has 2 aliphatic heterocycles. The van der Waals surface area contributed by atoms with Crippen molar-refractivity contribution < 1.29 is 9.53 Å². The highest BCUT2D eigenvalue weighted by Gasteiger charge is 2.41. The first-order valence-corrected chi connectivity index (χ1v) is 9.44. The van der Waals surface area contributed by atoms with Crippen LogP contribution in [0.15, 0.2) is 10.5 Å². The Kier molecular flexibility index (Phi) is 5.68. The number of carbonyl (C=O) groups excluding carboxylic acids is 1. The van der Waals surface area contributed by atoms with E-state index < -0.39 is 0 Å². The van der Waals surface area contributed by atoms with E-state index in [2.05, 4.69) is 25.9 Å². The van der Waals surface area contributed by atoms with Crippen LogP contribution in [0.5, 0.6) is 0 Å². The Balaban J connectivity index is 1.45. The van der Waals surface area contributed by atoms with Gasteiger partial charge in [-0.2, -0.15) is 0 Å². The van der Waals surface area contributed by atoms with E-state index in [1.807, 2.05) is 13.8 Å². The fourth-order valence-corrected chi connectivity index (χ4v) is 3.94. The number of nitrogens with one attached hydrogen (secondary N) is 3. The summed E-state index contributed by atoms with van der Waals surface area (Å²) in [5.41, 5.74) is 2.46. The van der Waals surface area contributed by atoms with Gasteiger partial charge in [-0.25, -0.2) is 4.98 Å². The fourth-order valence-electron chi connectivity index (χ4n) is 3.22. The topological polar surface area (TPSA) is 87.6 Å². The summed E-state index contributed by atoms with van der Waals surface area (Å²) in [6, 6.07) is 0.344. The minimum Gasteiger partial charge on any atom is -0.373 e. The highest BCUT2D eigenvalue weighted by molar-refractivity contribution is 7.11. The molecule has 3 heterocycles. The van der Waals surface area contributed by atoms with E-state index in [1.165, 1.54) is 17.8 Å². The van der Waals surface area contributed by atoms with Gasteiger partial charge in [-0.05, 0) is 33.1 Å². The lowest BCUT2D eigenvalue weighted by Crippen LogP contribution is -2.47. The molecular weight excluding hydrogens is 326 g/mol. The molecule has 2 aliphatic rings. The maximum atomic E-state index is 12.0. The molecular formula is C16H25N5O2S. The van der Waals surface area contributed by atoms with E-state index in [-0.39, 0.29) is 5.91 Å². The number of fused-ring (bicyclic) bond motifs is 2. The Labute approximate surface area is 146 Å². The first-order valence-electron chi connectivity index (χ1n) is 8.56. The molecule has 3 unspecified atom stereocenters. The van der Waals surface area contributed by atoms with Gasteiger partial charge in [-0.1, -0.05) is 0 Å². The van der Waals surface area contributed by atoms with E-state index in [0.717, 1.165) is 31.0 Å². The Morgan fingerprint density at radius 1 is 1.46 bits per heavy atom. The summed E-state index contributed by atoms with van der Waals surface area (Å²) < 4.78 is 5.87. The van der Waals surface area contributed by atoms with E-state index in [9.17, 15) is 4.79 Å². The zero-order valence-electron chi connectivity index (χ0n) is 14.2. The number of nitrogens with zero attached hydrogens (tertiary/aromatic N) is 2. The van der Waals surface area contributed by atoms with Crippen LogP contribution in [-0.4, -0.2) is 54.7 Å². The standard InChI is InChI=1S/C16H25N5O2S/c1-3-17-16(21-12-8-11-4-5-13(12)23-11)19-7-6-18-15(22)14-10(2)20-9-24-14/h9,11-13H,3-8H2,1-2H3,(H,18,22)(H2,17,19,21). The third kappa shape index (κ3) is 4.05. The molecule has 0 spiro atoms. The molecule has 1 aromatic rings. The summed E-state index contributed by atoms with van der Waals surface area (Å²) in [6.07, 6.45) is 4.09. The van der Waals surface area contributed by atoms with Crippen LogP contribution < -0.4 is 16.0 Å². The van der Waals surface area contributed by atoms with Crippen LogP contribution in [0.4, 0.5) is 0 Å². The maximum Gasteiger partial charge on any atom is 0.263 e. The second-order valence-electron chi connectivity index (χ2n) is 6.14. The van der Waals surface area contributed by atoms with E-state index in [0.29, 0.717) is 36.2 Å². The van der Waals surface area contributed by atoms with Crippen LogP contribution >= 0.6 is 11.3 Å². The largest absolute Gasteiger partial charge is 0.373 e. The number of aryl methyl sites for hydroxylation is 1. The molecule has 2 saturated heterocycles. The smallest absolute Gasteiger partial charge is 0.263 e. The van der Waals surface area contributed by atoms with Crippen LogP contribution in [0.25, 0.3) is 0 Å². The Hall–Kier alpha value is -1.67. The lowest BCUT2D eigenvalue weighted by atomic mass is 9.96. The second-order valence-corrected chi connectivity index (χ2v) is 7.00. The highest BCUT2D eigenvalue weighted by atomic mass is 32.1. The third-order valence-electron chi connectivity index (χ3n) is 4.39. The van der Waals surface area contributed by atoms with Gasteiger partial charge in [0.05, 0.1) is 36.0 Å². The number of hydrogen-bond acceptors (Lipinski definition) is 5. The highest BCUT2D eigenvalue weighted by Crippen LogP contribution is 2.34. The van der Waals surface area contributed by atoms with E-state index in [1.54, 1.807) is 5.51 Å². The van der Waals surface area contributed by atoms with Gasteiger partial charge in [-0.3, -0.25) is 9.79 Å². The predicted molar refractivity (Wildman–Crippen MR) is 94.6 cm³/mol. The van der Waals surface area contributed by atoms with Crippen molar-refractivity contribution in [3.05, 3.63) is 16.1 Å². The first-order chi connectivity index (χ1) is 11.7. The first kappa shape index (κ1) is 17.2. The molecule has 0 aliphatic carbocycles. The third-order valence-corrected chi connectivity index (χ3v) is 5.32. The average molecular weight is 351 g/mol. The van der Waals surface area contributed by atoms with Crippen molar-refractivity contribution in [1.29, 1.82) is 0 Å². The number of guanidine groups is 1. The van der Waals surface area contributed by atoms with Crippen LogP contribution in [0, 0.1) is 6.92 Å². The lowest BCUT2D eigenvalue weighted by molar-refractivity contribution is 0.0958. The Morgan fingerprint density at radius 2 is 2.33 bits per heavy atom. The number of amides is 1. The SMILES string of the molecule is CCNC(=NCCNC(=O)c1scnc1C)NC1CC2CCC1O2. The van der Waals surface area contributed by atoms with Gasteiger partial charge in [0, 0.05) is 13.1 Å². The summed E-state index contributed by atoms with van der Waals surface area (Å²) >= 11 is 1.36. The molecule has 7 nitrogen and oxygen atoms in total. The normalized spacial score (nSPS) is 25.8. The molecule has 3 rings (SSSR count). The number of hydrogen-bond donors (Lipinski definition) is 3. The van der Waals surface area contributed by atoms with Gasteiger partial charge in [0.2, 0.25) is 0 Å². The van der Waals surface area contributed by atoms with E-state index in [4.69, 9.17) is 4.74 Å². The molecule has 3 atom stereocenters. The van der Waals surface area contributed by atoms with Gasteiger partial charge < -0.3 is 20.7 Å². The van der Waals surface area contributed by atoms with Gasteiger partial charge in [-0.15, -0.1) is 11.3 Å². The van der Waals surface area contributed by atoms with Crippen molar-refractivity contribution in [2.75, 3.05) is 19.6 Å². The van der Waals surface area contributed by atoms with Crippen LogP contribution in [0.3, 0.4) is 0 Å². The van der Waals surface area contributed by atoms with Gasteiger partial charge >= 0.3 is 0 Å². The molecule has 0 saturated carbocycles. The number of ether oxygens (including phenoxy) is 1. The summed E-state index contributed by atoms with van der Waals surface area (Å²) in [5, 5.41) is 9.61. The van der Waals surface area contributed by atoms with Crippen LogP contribution in [-0.2, 0) is 4.74 Å². The zero-order valence-corrected chi connectivity index (χ0v) is 15.0. The number of rotatable bonds is 6. The quantitative estimate of drug-likeness (QED) is 0.405. The Bertz CT molecular complexity index is 603. The molecule has 1 aromatic heterocycles. The van der Waals surface area contributed by atoms with Crippen molar-refractivity contribution in [2.24, 2.45) is 4.99 Å². The molecule has 2 bridgehead atoms. The molecule has 3 N–H and O–H groups in total. The van der Waals surface area contributed by atoms with Gasteiger partial charge in [0.1, 0.15) is 4.88 Å². The zero-order chi connectivity index (χ0) is 16.9. The lowest BCUT2D eigenvalue weighted by Gasteiger charge is -2.22. The van der Waals surface area contributed by atoms with Crippen molar-refractivity contribution in [2.45, 2.75) is 51.4 Å². The summed E-state index contributed by atoms with van der Waals surface area (Å²) in [7, 11) is 0. The monoisotopic (exact) mass is 351 g/mol. The molecule has 24 heavy (non-hydrogen) atoms. The molecule has 0 aromatic carbocycles. The summed E-state index contributed by atoms with van der Waals surface area (Å²) in [5.74, 6) is 0.714. The summed E-state index contributed by atoms with van der Waals surface area (Å²) in [6.45, 7) is 5.72. The number of aromatic nitrogens is 1. The fraction of sp³-hybridized carbons (Fsp3) is 0.688. The minimum absolute atomic E-state index is 0.0790. The van der Waals surface area contributed by atoms with Crippen molar-refractivity contribution >= 4 is 23.2 Å². The molecule has 8 heteroatoms. The molecule has 1 amide bonds. The van der Waals surface area contributed by atoms with Crippen molar-refractivity contribution in [3.8, 4) is 0 Å². The van der Waals surface area contributed by atoms with Crippen LogP contribution in [0.1, 0.15) is 41.6 Å². The second kappa shape index (κ2) is 7.94. The number of thiazole rings is 1. The average Bonchev–Trinajstić information content (AvgIpc) is 3.28.